The number of rotatable bonds is 7. The molecule has 1 aromatic heterocycles. The highest BCUT2D eigenvalue weighted by Crippen LogP contribution is 2.23. The molecule has 1 aromatic carbocycles. The van der Waals surface area contributed by atoms with Gasteiger partial charge < -0.3 is 9.73 Å². The lowest BCUT2D eigenvalue weighted by Gasteiger charge is -2.02. The molecular weight excluding hydrogens is 276 g/mol. The highest BCUT2D eigenvalue weighted by molar-refractivity contribution is 5.75. The fraction of sp³-hybridized carbons (Fsp3) is 0.444. The van der Waals surface area contributed by atoms with E-state index in [2.05, 4.69) is 17.2 Å². The minimum absolute atomic E-state index is 0.113. The third-order valence-corrected chi connectivity index (χ3v) is 3.58. The minimum Gasteiger partial charge on any atom is -0.441 e. The zero-order valence-electron chi connectivity index (χ0n) is 13.6. The van der Waals surface area contributed by atoms with Crippen LogP contribution in [0.4, 0.5) is 0 Å². The Morgan fingerprint density at radius 3 is 2.64 bits per heavy atom. The van der Waals surface area contributed by atoms with Crippen LogP contribution in [0.3, 0.4) is 0 Å². The molecular formula is C18H24N2O2. The van der Waals surface area contributed by atoms with E-state index in [1.54, 1.807) is 0 Å². The van der Waals surface area contributed by atoms with Crippen LogP contribution in [0.2, 0.25) is 0 Å². The monoisotopic (exact) mass is 300 g/mol. The summed E-state index contributed by atoms with van der Waals surface area (Å²) < 4.78 is 5.75. The number of carbonyl (C=O) groups excluding carboxylic acids is 1. The topological polar surface area (TPSA) is 55.1 Å². The molecule has 2 rings (SSSR count). The molecule has 1 amide bonds. The molecule has 0 saturated carbocycles. The lowest BCUT2D eigenvalue weighted by atomic mass is 10.1. The Bertz CT molecular complexity index is 615. The van der Waals surface area contributed by atoms with Crippen molar-refractivity contribution in [3.63, 3.8) is 0 Å². The maximum absolute atomic E-state index is 11.6. The zero-order valence-corrected chi connectivity index (χ0v) is 13.6. The van der Waals surface area contributed by atoms with Crippen LogP contribution < -0.4 is 5.32 Å². The van der Waals surface area contributed by atoms with Crippen molar-refractivity contribution in [3.05, 3.63) is 41.3 Å². The summed E-state index contributed by atoms with van der Waals surface area (Å²) in [6.07, 6.45) is 3.05. The van der Waals surface area contributed by atoms with Crippen molar-refractivity contribution in [1.82, 2.24) is 10.3 Å². The van der Waals surface area contributed by atoms with Crippen LogP contribution in [-0.4, -0.2) is 17.4 Å². The van der Waals surface area contributed by atoms with Gasteiger partial charge in [0.1, 0.15) is 5.76 Å². The maximum atomic E-state index is 11.6. The Morgan fingerprint density at radius 2 is 1.95 bits per heavy atom. The molecule has 0 spiro atoms. The predicted molar refractivity (Wildman–Crippen MR) is 87.7 cm³/mol. The van der Waals surface area contributed by atoms with Crippen LogP contribution in [0, 0.1) is 13.8 Å². The van der Waals surface area contributed by atoms with Gasteiger partial charge in [-0.1, -0.05) is 24.6 Å². The molecule has 0 aliphatic rings. The Kier molecular flexibility index (Phi) is 5.75. The highest BCUT2D eigenvalue weighted by atomic mass is 16.4. The molecule has 0 atom stereocenters. The van der Waals surface area contributed by atoms with Gasteiger partial charge in [0, 0.05) is 18.5 Å². The summed E-state index contributed by atoms with van der Waals surface area (Å²) in [6.45, 7) is 6.78. The van der Waals surface area contributed by atoms with Gasteiger partial charge in [-0.25, -0.2) is 4.98 Å². The van der Waals surface area contributed by atoms with E-state index in [0.717, 1.165) is 42.8 Å². The van der Waals surface area contributed by atoms with E-state index in [1.807, 2.05) is 38.1 Å². The van der Waals surface area contributed by atoms with Crippen LogP contribution >= 0.6 is 0 Å². The normalized spacial score (nSPS) is 10.7. The molecule has 1 N–H and O–H groups in total. The Labute approximate surface area is 131 Å². The van der Waals surface area contributed by atoms with Crippen LogP contribution in [-0.2, 0) is 11.2 Å². The predicted octanol–water partition coefficient (Wildman–Crippen LogP) is 3.81. The first-order chi connectivity index (χ1) is 10.6. The summed E-state index contributed by atoms with van der Waals surface area (Å²) in [5.41, 5.74) is 3.14. The van der Waals surface area contributed by atoms with Gasteiger partial charge in [-0.05, 0) is 45.2 Å². The number of aryl methyl sites for hydroxylation is 3. The second-order valence-electron chi connectivity index (χ2n) is 5.59. The van der Waals surface area contributed by atoms with Crippen molar-refractivity contribution in [3.8, 4) is 11.5 Å². The molecule has 0 unspecified atom stereocenters. The van der Waals surface area contributed by atoms with E-state index in [1.165, 1.54) is 5.56 Å². The van der Waals surface area contributed by atoms with Gasteiger partial charge in [0.2, 0.25) is 11.8 Å². The molecule has 22 heavy (non-hydrogen) atoms. The van der Waals surface area contributed by atoms with Crippen LogP contribution in [0.25, 0.3) is 11.5 Å². The first-order valence-electron chi connectivity index (χ1n) is 7.90. The first-order valence-corrected chi connectivity index (χ1v) is 7.90. The summed E-state index contributed by atoms with van der Waals surface area (Å²) in [6, 6.07) is 8.13. The molecule has 0 fully saturated rings. The summed E-state index contributed by atoms with van der Waals surface area (Å²) in [4.78, 5) is 16.2. The van der Waals surface area contributed by atoms with E-state index >= 15 is 0 Å². The van der Waals surface area contributed by atoms with Crippen molar-refractivity contribution < 1.29 is 9.21 Å². The lowest BCUT2D eigenvalue weighted by Crippen LogP contribution is -2.23. The van der Waals surface area contributed by atoms with Gasteiger partial charge in [0.05, 0.1) is 5.69 Å². The number of nitrogens with zero attached hydrogens (tertiary/aromatic N) is 1. The number of hydrogen-bond acceptors (Lipinski definition) is 3. The third-order valence-electron chi connectivity index (χ3n) is 3.58. The molecule has 118 valence electrons. The second kappa shape index (κ2) is 7.78. The fourth-order valence-corrected chi connectivity index (χ4v) is 2.25. The fourth-order valence-electron chi connectivity index (χ4n) is 2.25. The van der Waals surface area contributed by atoms with Gasteiger partial charge in [-0.3, -0.25) is 4.79 Å². The van der Waals surface area contributed by atoms with Gasteiger partial charge in [-0.2, -0.15) is 0 Å². The van der Waals surface area contributed by atoms with Crippen molar-refractivity contribution in [2.75, 3.05) is 6.54 Å². The number of carbonyl (C=O) groups is 1. The maximum Gasteiger partial charge on any atom is 0.226 e. The lowest BCUT2D eigenvalue weighted by molar-refractivity contribution is -0.121. The number of aromatic nitrogens is 1. The molecule has 0 saturated heterocycles. The molecule has 0 aliphatic carbocycles. The van der Waals surface area contributed by atoms with E-state index in [-0.39, 0.29) is 5.91 Å². The highest BCUT2D eigenvalue weighted by Gasteiger charge is 2.11. The quantitative estimate of drug-likeness (QED) is 0.846. The summed E-state index contributed by atoms with van der Waals surface area (Å²) in [7, 11) is 0. The molecule has 2 aromatic rings. The van der Waals surface area contributed by atoms with Crippen molar-refractivity contribution in [2.24, 2.45) is 0 Å². The molecule has 0 radical (unpaired) electrons. The van der Waals surface area contributed by atoms with E-state index in [4.69, 9.17) is 4.42 Å². The van der Waals surface area contributed by atoms with E-state index < -0.39 is 0 Å². The number of benzene rings is 1. The van der Waals surface area contributed by atoms with Gasteiger partial charge in [0.15, 0.2) is 0 Å². The smallest absolute Gasteiger partial charge is 0.226 e. The van der Waals surface area contributed by atoms with E-state index in [9.17, 15) is 4.79 Å². The van der Waals surface area contributed by atoms with Gasteiger partial charge in [-0.15, -0.1) is 0 Å². The van der Waals surface area contributed by atoms with Crippen LogP contribution in [0.5, 0.6) is 0 Å². The van der Waals surface area contributed by atoms with Crippen LogP contribution in [0.15, 0.2) is 28.7 Å². The van der Waals surface area contributed by atoms with Crippen LogP contribution in [0.1, 0.15) is 43.2 Å². The number of hydrogen-bond donors (Lipinski definition) is 1. The Hall–Kier alpha value is -2.10. The van der Waals surface area contributed by atoms with Crippen molar-refractivity contribution in [2.45, 2.75) is 46.5 Å². The molecule has 1 heterocycles. The zero-order chi connectivity index (χ0) is 15.9. The molecule has 0 bridgehead atoms. The average molecular weight is 300 g/mol. The summed E-state index contributed by atoms with van der Waals surface area (Å²) >= 11 is 0. The second-order valence-corrected chi connectivity index (χ2v) is 5.59. The number of amides is 1. The Morgan fingerprint density at radius 1 is 1.23 bits per heavy atom. The summed E-state index contributed by atoms with van der Waals surface area (Å²) in [5, 5.41) is 2.89. The standard InChI is InChI=1S/C18H24N2O2/c1-4-12-19-17(21)7-5-6-16-14(3)22-18(20-16)15-10-8-13(2)9-11-15/h8-11H,4-7,12H2,1-3H3,(H,19,21). The van der Waals surface area contributed by atoms with Gasteiger partial charge in [0.25, 0.3) is 0 Å². The Balaban J connectivity index is 1.93. The van der Waals surface area contributed by atoms with Crippen molar-refractivity contribution in [1.29, 1.82) is 0 Å². The molecule has 4 heteroatoms. The SMILES string of the molecule is CCCNC(=O)CCCc1nc(-c2ccc(C)cc2)oc1C. The number of nitrogens with one attached hydrogen (secondary N) is 1. The van der Waals surface area contributed by atoms with E-state index in [0.29, 0.717) is 12.3 Å². The molecule has 4 nitrogen and oxygen atoms in total. The van der Waals surface area contributed by atoms with Crippen molar-refractivity contribution >= 4 is 5.91 Å². The third kappa shape index (κ3) is 4.45. The van der Waals surface area contributed by atoms with Gasteiger partial charge >= 0.3 is 0 Å². The summed E-state index contributed by atoms with van der Waals surface area (Å²) in [5.74, 6) is 1.61. The molecule has 0 aliphatic heterocycles. The first kappa shape index (κ1) is 16.3. The largest absolute Gasteiger partial charge is 0.441 e. The average Bonchev–Trinajstić information content (AvgIpc) is 2.87. The number of oxazole rings is 1. The minimum atomic E-state index is 0.113.